The van der Waals surface area contributed by atoms with Gasteiger partial charge in [-0.05, 0) is 24.8 Å². The van der Waals surface area contributed by atoms with Crippen molar-refractivity contribution in [2.45, 2.75) is 25.2 Å². The number of likely N-dealkylation sites (tertiary alicyclic amines) is 1. The molecule has 5 heteroatoms. The third-order valence-corrected chi connectivity index (χ3v) is 4.29. The summed E-state index contributed by atoms with van der Waals surface area (Å²) < 4.78 is 5.57. The van der Waals surface area contributed by atoms with E-state index < -0.39 is 5.97 Å². The maximum atomic E-state index is 12.7. The maximum absolute atomic E-state index is 12.7. The van der Waals surface area contributed by atoms with Gasteiger partial charge in [0.05, 0.1) is 0 Å². The summed E-state index contributed by atoms with van der Waals surface area (Å²) in [6.07, 6.45) is 1.90. The van der Waals surface area contributed by atoms with Crippen LogP contribution in [0.1, 0.15) is 30.7 Å². The number of amides is 1. The van der Waals surface area contributed by atoms with Crippen LogP contribution in [0.3, 0.4) is 0 Å². The smallest absolute Gasteiger partial charge is 0.303 e. The molecule has 1 saturated heterocycles. The Bertz CT molecular complexity index is 557. The van der Waals surface area contributed by atoms with Gasteiger partial charge >= 0.3 is 5.97 Å². The highest BCUT2D eigenvalue weighted by Gasteiger charge is 2.35. The van der Waals surface area contributed by atoms with Gasteiger partial charge in [0, 0.05) is 25.1 Å². The number of carboxylic acids is 1. The molecule has 0 aliphatic carbocycles. The van der Waals surface area contributed by atoms with Crippen molar-refractivity contribution in [1.29, 1.82) is 0 Å². The van der Waals surface area contributed by atoms with Crippen molar-refractivity contribution in [3.05, 3.63) is 29.8 Å². The number of carbonyl (C=O) groups excluding carboxylic acids is 1. The van der Waals surface area contributed by atoms with Crippen molar-refractivity contribution in [2.75, 3.05) is 19.7 Å². The minimum atomic E-state index is -0.788. The molecule has 2 atom stereocenters. The third kappa shape index (κ3) is 2.86. The van der Waals surface area contributed by atoms with E-state index in [4.69, 9.17) is 9.84 Å². The molecule has 1 amide bonds. The number of nitrogens with zero attached hydrogens (tertiary/aromatic N) is 1. The molecule has 2 aliphatic rings. The fourth-order valence-corrected chi connectivity index (χ4v) is 3.27. The third-order valence-electron chi connectivity index (χ3n) is 4.29. The van der Waals surface area contributed by atoms with Crippen LogP contribution in [0.15, 0.2) is 24.3 Å². The lowest BCUT2D eigenvalue weighted by molar-refractivity contribution is -0.141. The van der Waals surface area contributed by atoms with Crippen LogP contribution in [0, 0.1) is 5.92 Å². The van der Waals surface area contributed by atoms with Crippen molar-refractivity contribution in [3.63, 3.8) is 0 Å². The molecular formula is C16H19NO4. The Morgan fingerprint density at radius 2 is 2.14 bits per heavy atom. The van der Waals surface area contributed by atoms with Gasteiger partial charge in [0.2, 0.25) is 5.91 Å². The van der Waals surface area contributed by atoms with Crippen molar-refractivity contribution in [2.24, 2.45) is 5.92 Å². The highest BCUT2D eigenvalue weighted by atomic mass is 16.5. The number of para-hydroxylation sites is 1. The maximum Gasteiger partial charge on any atom is 0.303 e. The number of carboxylic acid groups (broad SMARTS) is 1. The highest BCUT2D eigenvalue weighted by molar-refractivity contribution is 5.85. The van der Waals surface area contributed by atoms with E-state index in [2.05, 4.69) is 0 Å². The summed E-state index contributed by atoms with van der Waals surface area (Å²) in [6, 6.07) is 7.63. The number of ether oxygens (including phenoxy) is 1. The summed E-state index contributed by atoms with van der Waals surface area (Å²) in [5.74, 6) is -0.114. The van der Waals surface area contributed by atoms with Gasteiger partial charge in [-0.15, -0.1) is 0 Å². The van der Waals surface area contributed by atoms with Crippen LogP contribution in [-0.4, -0.2) is 41.6 Å². The number of carbonyl (C=O) groups is 2. The van der Waals surface area contributed by atoms with E-state index in [-0.39, 0.29) is 24.2 Å². The molecule has 1 fully saturated rings. The molecular weight excluding hydrogens is 270 g/mol. The summed E-state index contributed by atoms with van der Waals surface area (Å²) in [6.45, 7) is 1.65. The normalized spacial score (nSPS) is 24.3. The van der Waals surface area contributed by atoms with Gasteiger partial charge in [-0.1, -0.05) is 18.2 Å². The fraction of sp³-hybridized carbons (Fsp3) is 0.500. The van der Waals surface area contributed by atoms with Gasteiger partial charge in [0.15, 0.2) is 0 Å². The first kappa shape index (κ1) is 13.9. The molecule has 2 unspecified atom stereocenters. The van der Waals surface area contributed by atoms with Crippen LogP contribution in [0.2, 0.25) is 0 Å². The van der Waals surface area contributed by atoms with Gasteiger partial charge in [0.25, 0.3) is 0 Å². The average molecular weight is 289 g/mol. The molecule has 21 heavy (non-hydrogen) atoms. The van der Waals surface area contributed by atoms with Gasteiger partial charge in [-0.2, -0.15) is 0 Å². The molecule has 112 valence electrons. The minimum absolute atomic E-state index is 0.0649. The summed E-state index contributed by atoms with van der Waals surface area (Å²) >= 11 is 0. The summed E-state index contributed by atoms with van der Waals surface area (Å²) in [5.41, 5.74) is 0.947. The SMILES string of the molecule is O=C(O)CC1CCCN(C(=O)C2COc3ccccc32)C1. The second-order valence-electron chi connectivity index (χ2n) is 5.79. The minimum Gasteiger partial charge on any atom is -0.492 e. The molecule has 1 N–H and O–H groups in total. The average Bonchev–Trinajstić information content (AvgIpc) is 2.90. The topological polar surface area (TPSA) is 66.8 Å². The largest absolute Gasteiger partial charge is 0.492 e. The van der Waals surface area contributed by atoms with Crippen molar-refractivity contribution < 1.29 is 19.4 Å². The molecule has 1 aromatic rings. The number of benzene rings is 1. The zero-order valence-corrected chi connectivity index (χ0v) is 11.8. The predicted molar refractivity (Wildman–Crippen MR) is 76.2 cm³/mol. The summed E-state index contributed by atoms with van der Waals surface area (Å²) in [7, 11) is 0. The molecule has 3 rings (SSSR count). The van der Waals surface area contributed by atoms with Gasteiger partial charge in [-0.3, -0.25) is 9.59 Å². The first-order chi connectivity index (χ1) is 10.1. The van der Waals surface area contributed by atoms with Crippen LogP contribution >= 0.6 is 0 Å². The summed E-state index contributed by atoms with van der Waals surface area (Å²) in [5, 5.41) is 8.91. The van der Waals surface area contributed by atoms with E-state index in [1.807, 2.05) is 29.2 Å². The lowest BCUT2D eigenvalue weighted by Gasteiger charge is -2.33. The van der Waals surface area contributed by atoms with Crippen LogP contribution in [0.4, 0.5) is 0 Å². The first-order valence-corrected chi connectivity index (χ1v) is 7.37. The lowest BCUT2D eigenvalue weighted by atomic mass is 9.92. The molecule has 0 bridgehead atoms. The number of hydrogen-bond acceptors (Lipinski definition) is 3. The molecule has 5 nitrogen and oxygen atoms in total. The molecule has 0 saturated carbocycles. The van der Waals surface area contributed by atoms with Crippen LogP contribution < -0.4 is 4.74 Å². The van der Waals surface area contributed by atoms with Gasteiger partial charge in [0.1, 0.15) is 18.3 Å². The van der Waals surface area contributed by atoms with Gasteiger partial charge in [-0.25, -0.2) is 0 Å². The molecule has 0 aromatic heterocycles. The standard InChI is InChI=1S/C16H19NO4/c18-15(19)8-11-4-3-7-17(9-11)16(20)13-10-21-14-6-2-1-5-12(13)14/h1-2,5-6,11,13H,3-4,7-10H2,(H,18,19). The number of piperidine rings is 1. The van der Waals surface area contributed by atoms with E-state index in [0.717, 1.165) is 24.2 Å². The monoisotopic (exact) mass is 289 g/mol. The highest BCUT2D eigenvalue weighted by Crippen LogP contribution is 2.35. The van der Waals surface area contributed by atoms with E-state index in [1.165, 1.54) is 0 Å². The Balaban J connectivity index is 1.70. The molecule has 1 aromatic carbocycles. The Kier molecular flexibility index (Phi) is 3.82. The van der Waals surface area contributed by atoms with Crippen LogP contribution in [-0.2, 0) is 9.59 Å². The van der Waals surface area contributed by atoms with E-state index in [9.17, 15) is 9.59 Å². The Morgan fingerprint density at radius 3 is 2.95 bits per heavy atom. The molecule has 0 spiro atoms. The number of aliphatic carboxylic acids is 1. The quantitative estimate of drug-likeness (QED) is 0.922. The van der Waals surface area contributed by atoms with Crippen LogP contribution in [0.25, 0.3) is 0 Å². The summed E-state index contributed by atoms with van der Waals surface area (Å²) in [4.78, 5) is 25.3. The van der Waals surface area contributed by atoms with E-state index in [1.54, 1.807) is 0 Å². The predicted octanol–water partition coefficient (Wildman–Crippen LogP) is 1.88. The number of rotatable bonds is 3. The van der Waals surface area contributed by atoms with E-state index in [0.29, 0.717) is 19.7 Å². The van der Waals surface area contributed by atoms with E-state index >= 15 is 0 Å². The van der Waals surface area contributed by atoms with Gasteiger partial charge < -0.3 is 14.7 Å². The van der Waals surface area contributed by atoms with Crippen molar-refractivity contribution in [1.82, 2.24) is 4.90 Å². The second-order valence-corrected chi connectivity index (χ2v) is 5.79. The van der Waals surface area contributed by atoms with Crippen molar-refractivity contribution in [3.8, 4) is 5.75 Å². The fourth-order valence-electron chi connectivity index (χ4n) is 3.27. The molecule has 2 aliphatic heterocycles. The Labute approximate surface area is 123 Å². The van der Waals surface area contributed by atoms with Crippen LogP contribution in [0.5, 0.6) is 5.75 Å². The zero-order chi connectivity index (χ0) is 14.8. The lowest BCUT2D eigenvalue weighted by Crippen LogP contribution is -2.43. The Hall–Kier alpha value is -2.04. The number of hydrogen-bond donors (Lipinski definition) is 1. The number of fused-ring (bicyclic) bond motifs is 1. The second kappa shape index (κ2) is 5.76. The molecule has 2 heterocycles. The first-order valence-electron chi connectivity index (χ1n) is 7.37. The zero-order valence-electron chi connectivity index (χ0n) is 11.8. The molecule has 0 radical (unpaired) electrons. The van der Waals surface area contributed by atoms with Crippen molar-refractivity contribution >= 4 is 11.9 Å². The Morgan fingerprint density at radius 1 is 1.33 bits per heavy atom.